The highest BCUT2D eigenvalue weighted by Gasteiger charge is 2.32. The van der Waals surface area contributed by atoms with Crippen LogP contribution in [0.1, 0.15) is 63.0 Å². The zero-order chi connectivity index (χ0) is 45.3. The second-order valence-electron chi connectivity index (χ2n) is 17.5. The molecule has 1 unspecified atom stereocenters. The van der Waals surface area contributed by atoms with Crippen LogP contribution in [-0.4, -0.2) is 116 Å². The van der Waals surface area contributed by atoms with E-state index in [4.69, 9.17) is 19.8 Å². The summed E-state index contributed by atoms with van der Waals surface area (Å²) in [5.74, 6) is -0.753. The monoisotopic (exact) mass is 896 g/mol. The van der Waals surface area contributed by atoms with Gasteiger partial charge in [0.15, 0.2) is 11.6 Å². The number of rotatable bonds is 11. The number of hydrogen-bond donors (Lipinski definition) is 3. The number of aromatic nitrogens is 7. The summed E-state index contributed by atoms with van der Waals surface area (Å²) >= 11 is 0. The van der Waals surface area contributed by atoms with Crippen LogP contribution in [0.5, 0.6) is 5.88 Å². The molecular weight excluding hydrogens is 847 g/mol. The number of carbonyl (C=O) groups excluding carboxylic acids is 2. The molecule has 0 bridgehead atoms. The fraction of sp³-hybridized carbons (Fsp3) is 0.404. The summed E-state index contributed by atoms with van der Waals surface area (Å²) in [5.41, 5.74) is 5.05. The molecule has 17 nitrogen and oxygen atoms in total. The number of ether oxygens (including phenoxy) is 1. The minimum atomic E-state index is -0.730. The van der Waals surface area contributed by atoms with Crippen LogP contribution in [0.4, 0.5) is 31.7 Å². The van der Waals surface area contributed by atoms with Crippen molar-refractivity contribution in [3.8, 4) is 34.5 Å². The Hall–Kier alpha value is -7.20. The Kier molecular flexibility index (Phi) is 11.9. The van der Waals surface area contributed by atoms with Gasteiger partial charge in [0.05, 0.1) is 55.0 Å². The Balaban J connectivity index is 0.752. The summed E-state index contributed by atoms with van der Waals surface area (Å²) in [6.07, 6.45) is 17.0. The maximum absolute atomic E-state index is 15.4. The number of piperidine rings is 2. The fourth-order valence-corrected chi connectivity index (χ4v) is 9.88. The zero-order valence-electron chi connectivity index (χ0n) is 36.5. The summed E-state index contributed by atoms with van der Waals surface area (Å²) in [7, 11) is 1.61. The Morgan fingerprint density at radius 1 is 0.773 bits per heavy atom. The number of methoxy groups -OCH3 is 1. The van der Waals surface area contributed by atoms with Crippen molar-refractivity contribution in [3.63, 3.8) is 0 Å². The SMILES string of the molecule is COc1ccc(NC2CCN(c3ccc(-c4nc(-c5cnn(C6CCC(N7CCN(c8c(F)cc(NC9CCC(=O)NC9=O)cc8F)CC7)CC6)c5)cn5ncc(C#N)c45)cn3)CC2)cn1. The van der Waals surface area contributed by atoms with Gasteiger partial charge in [-0.25, -0.2) is 28.2 Å². The normalized spacial score (nSPS) is 20.8. The summed E-state index contributed by atoms with van der Waals surface area (Å²) in [6, 6.07) is 12.7. The number of halogens is 2. The minimum absolute atomic E-state index is 0.0598. The van der Waals surface area contributed by atoms with Crippen LogP contribution in [0.15, 0.2) is 73.6 Å². The van der Waals surface area contributed by atoms with Crippen molar-refractivity contribution < 1.29 is 23.1 Å². The average molecular weight is 897 g/mol. The molecule has 1 aromatic carbocycles. The topological polar surface area (TPSA) is 187 Å². The summed E-state index contributed by atoms with van der Waals surface area (Å²) in [5, 5.41) is 28.0. The smallest absolute Gasteiger partial charge is 0.249 e. The highest BCUT2D eigenvalue weighted by molar-refractivity contribution is 6.01. The van der Waals surface area contributed by atoms with Gasteiger partial charge in [0.1, 0.15) is 34.7 Å². The molecule has 2 amide bonds. The van der Waals surface area contributed by atoms with Crippen molar-refractivity contribution in [2.45, 2.75) is 75.5 Å². The Labute approximate surface area is 379 Å². The number of fused-ring (bicyclic) bond motifs is 1. The zero-order valence-corrected chi connectivity index (χ0v) is 36.5. The van der Waals surface area contributed by atoms with Gasteiger partial charge in [0, 0.05) is 93.0 Å². The van der Waals surface area contributed by atoms with Crippen molar-refractivity contribution in [1.29, 1.82) is 5.26 Å². The predicted octanol–water partition coefficient (Wildman–Crippen LogP) is 5.81. The van der Waals surface area contributed by atoms with Gasteiger partial charge in [-0.3, -0.25) is 24.5 Å². The largest absolute Gasteiger partial charge is 0.481 e. The molecule has 1 saturated carbocycles. The van der Waals surface area contributed by atoms with Crippen molar-refractivity contribution >= 4 is 40.2 Å². The number of piperazine rings is 1. The van der Waals surface area contributed by atoms with E-state index in [-0.39, 0.29) is 36.2 Å². The van der Waals surface area contributed by atoms with Crippen molar-refractivity contribution in [2.24, 2.45) is 0 Å². The molecule has 5 aromatic heterocycles. The minimum Gasteiger partial charge on any atom is -0.481 e. The van der Waals surface area contributed by atoms with Gasteiger partial charge in [0.2, 0.25) is 17.7 Å². The van der Waals surface area contributed by atoms with Crippen molar-refractivity contribution in [2.75, 3.05) is 66.8 Å². The van der Waals surface area contributed by atoms with Gasteiger partial charge in [0.25, 0.3) is 0 Å². The van der Waals surface area contributed by atoms with Gasteiger partial charge in [-0.1, -0.05) is 0 Å². The maximum atomic E-state index is 15.4. The van der Waals surface area contributed by atoms with Crippen LogP contribution in [0.3, 0.4) is 0 Å². The number of nitrogens with one attached hydrogen (secondary N) is 3. The predicted molar refractivity (Wildman–Crippen MR) is 243 cm³/mol. The first-order valence-corrected chi connectivity index (χ1v) is 22.6. The molecule has 3 N–H and O–H groups in total. The van der Waals surface area contributed by atoms with E-state index in [1.54, 1.807) is 28.9 Å². The molecule has 4 aliphatic rings. The van der Waals surface area contributed by atoms with Crippen LogP contribution in [0.25, 0.3) is 28.0 Å². The lowest BCUT2D eigenvalue weighted by molar-refractivity contribution is -0.133. The van der Waals surface area contributed by atoms with Crippen molar-refractivity contribution in [1.82, 2.24) is 44.6 Å². The lowest BCUT2D eigenvalue weighted by Crippen LogP contribution is -2.51. The molecular formula is C47H50F2N14O3. The highest BCUT2D eigenvalue weighted by Crippen LogP contribution is 2.35. The van der Waals surface area contributed by atoms with Gasteiger partial charge < -0.3 is 25.2 Å². The molecule has 0 radical (unpaired) electrons. The number of nitrogens with zero attached hydrogens (tertiary/aromatic N) is 11. The van der Waals surface area contributed by atoms with Gasteiger partial charge >= 0.3 is 0 Å². The number of hydrogen-bond acceptors (Lipinski definition) is 14. The van der Waals surface area contributed by atoms with Crippen LogP contribution >= 0.6 is 0 Å². The summed E-state index contributed by atoms with van der Waals surface area (Å²) in [6.45, 7) is 4.06. The number of carbonyl (C=O) groups is 2. The van der Waals surface area contributed by atoms with Crippen LogP contribution in [0.2, 0.25) is 0 Å². The van der Waals surface area contributed by atoms with E-state index < -0.39 is 23.6 Å². The van der Waals surface area contributed by atoms with E-state index in [2.05, 4.69) is 41.9 Å². The first-order valence-electron chi connectivity index (χ1n) is 22.6. The molecule has 1 aliphatic carbocycles. The molecule has 19 heteroatoms. The standard InChI is InChI=1S/C47H50F2N14O3/c1-66-43-11-3-33(26-52-43)55-32-12-14-60(15-13-32)41-9-2-29(23-51-41)44-45-30(22-50)24-54-63(45)28-40(57-44)31-25-53-62(27-31)36-6-4-35(5-7-36)59-16-18-61(19-17-59)46-37(48)20-34(21-38(46)49)56-39-8-10-42(64)58-47(39)65/h2-3,9,11,20-21,23-28,32,35-36,39,55-56H,4-8,10,12-19H2,1H3,(H,58,64,65). The van der Waals surface area contributed by atoms with Gasteiger partial charge in [-0.05, 0) is 75.3 Å². The number of imide groups is 1. The molecule has 6 aromatic rings. The van der Waals surface area contributed by atoms with Crippen LogP contribution < -0.4 is 30.5 Å². The number of anilines is 4. The Bertz CT molecular complexity index is 2740. The Morgan fingerprint density at radius 2 is 1.55 bits per heavy atom. The van der Waals surface area contributed by atoms with E-state index >= 15 is 8.78 Å². The number of nitriles is 1. The molecule has 3 aliphatic heterocycles. The lowest BCUT2D eigenvalue weighted by Gasteiger charge is -2.42. The molecule has 1 atom stereocenters. The van der Waals surface area contributed by atoms with Crippen molar-refractivity contribution in [3.05, 3.63) is 90.8 Å². The fourth-order valence-electron chi connectivity index (χ4n) is 9.88. The van der Waals surface area contributed by atoms with E-state index in [0.717, 1.165) is 74.2 Å². The first kappa shape index (κ1) is 42.7. The molecule has 66 heavy (non-hydrogen) atoms. The van der Waals surface area contributed by atoms with Gasteiger partial charge in [-0.15, -0.1) is 0 Å². The summed E-state index contributed by atoms with van der Waals surface area (Å²) < 4.78 is 39.7. The average Bonchev–Trinajstić information content (AvgIpc) is 4.01. The third-order valence-corrected chi connectivity index (χ3v) is 13.5. The third kappa shape index (κ3) is 8.80. The molecule has 3 saturated heterocycles. The van der Waals surface area contributed by atoms with Crippen LogP contribution in [0, 0.1) is 23.0 Å². The molecule has 8 heterocycles. The summed E-state index contributed by atoms with van der Waals surface area (Å²) in [4.78, 5) is 44.4. The molecule has 0 spiro atoms. The second-order valence-corrected chi connectivity index (χ2v) is 17.5. The van der Waals surface area contributed by atoms with E-state index in [1.165, 1.54) is 12.1 Å². The lowest BCUT2D eigenvalue weighted by atomic mass is 9.90. The van der Waals surface area contributed by atoms with Gasteiger partial charge in [-0.2, -0.15) is 15.5 Å². The first-order chi connectivity index (χ1) is 32.2. The highest BCUT2D eigenvalue weighted by atomic mass is 19.1. The molecule has 4 fully saturated rings. The van der Waals surface area contributed by atoms with Crippen LogP contribution in [-0.2, 0) is 9.59 Å². The second kappa shape index (κ2) is 18.4. The van der Waals surface area contributed by atoms with E-state index in [9.17, 15) is 14.9 Å². The maximum Gasteiger partial charge on any atom is 0.249 e. The number of pyridine rings is 2. The number of benzene rings is 1. The quantitative estimate of drug-likeness (QED) is 0.132. The third-order valence-electron chi connectivity index (χ3n) is 13.5. The molecule has 10 rings (SSSR count). The van der Waals surface area contributed by atoms with E-state index in [0.29, 0.717) is 66.6 Å². The van der Waals surface area contributed by atoms with E-state index in [1.807, 2.05) is 53.7 Å². The number of amides is 2. The molecule has 340 valence electrons. The Morgan fingerprint density at radius 3 is 2.23 bits per heavy atom.